The van der Waals surface area contributed by atoms with Crippen LogP contribution in [0, 0.1) is 0 Å². The predicted octanol–water partition coefficient (Wildman–Crippen LogP) is 3.40. The molecule has 0 spiro atoms. The molecule has 0 saturated heterocycles. The number of aryl methyl sites for hydroxylation is 1. The van der Waals surface area contributed by atoms with Crippen molar-refractivity contribution in [3.05, 3.63) is 23.5 Å². The van der Waals surface area contributed by atoms with Crippen molar-refractivity contribution in [2.75, 3.05) is 13.2 Å². The van der Waals surface area contributed by atoms with Gasteiger partial charge in [0, 0.05) is 18.4 Å². The van der Waals surface area contributed by atoms with E-state index in [2.05, 4.69) is 12.2 Å². The summed E-state index contributed by atoms with van der Waals surface area (Å²) in [5, 5.41) is 3.44. The lowest BCUT2D eigenvalue weighted by Crippen LogP contribution is -2.20. The van der Waals surface area contributed by atoms with Gasteiger partial charge in [-0.15, -0.1) is 0 Å². The maximum atomic E-state index is 12.1. The number of hydrogen-bond acceptors (Lipinski definition) is 2. The minimum absolute atomic E-state index is 0.0502. The van der Waals surface area contributed by atoms with Crippen LogP contribution in [-0.2, 0) is 17.9 Å². The molecular formula is C14H21F3N2O. The summed E-state index contributed by atoms with van der Waals surface area (Å²) in [7, 11) is 0. The highest BCUT2D eigenvalue weighted by atomic mass is 19.4. The average Bonchev–Trinajstić information content (AvgIpc) is 2.66. The minimum atomic E-state index is -4.27. The Morgan fingerprint density at radius 2 is 2.15 bits per heavy atom. The molecule has 1 unspecified atom stereocenters. The third-order valence-corrected chi connectivity index (χ3v) is 3.52. The van der Waals surface area contributed by atoms with Crippen LogP contribution in [0.5, 0.6) is 0 Å². The van der Waals surface area contributed by atoms with Gasteiger partial charge in [0.2, 0.25) is 0 Å². The molecule has 3 nitrogen and oxygen atoms in total. The van der Waals surface area contributed by atoms with Crippen molar-refractivity contribution >= 4 is 0 Å². The van der Waals surface area contributed by atoms with E-state index >= 15 is 0 Å². The molecule has 114 valence electrons. The highest BCUT2D eigenvalue weighted by Crippen LogP contribution is 2.29. The average molecular weight is 290 g/mol. The number of fused-ring (bicyclic) bond motifs is 1. The van der Waals surface area contributed by atoms with Crippen LogP contribution >= 0.6 is 0 Å². The van der Waals surface area contributed by atoms with E-state index in [-0.39, 0.29) is 6.73 Å². The Morgan fingerprint density at radius 1 is 1.35 bits per heavy atom. The number of alkyl halides is 3. The summed E-state index contributed by atoms with van der Waals surface area (Å²) in [4.78, 5) is 0. The Hall–Kier alpha value is -1.01. The molecule has 1 aliphatic rings. The van der Waals surface area contributed by atoms with Gasteiger partial charge in [0.15, 0.2) is 0 Å². The molecule has 0 amide bonds. The molecule has 1 N–H and O–H groups in total. The Kier molecular flexibility index (Phi) is 5.10. The molecule has 1 atom stereocenters. The molecule has 1 heterocycles. The second-order valence-corrected chi connectivity index (χ2v) is 5.20. The molecule has 2 rings (SSSR count). The summed E-state index contributed by atoms with van der Waals surface area (Å²) >= 11 is 0. The van der Waals surface area contributed by atoms with Gasteiger partial charge >= 0.3 is 6.18 Å². The van der Waals surface area contributed by atoms with Gasteiger partial charge < -0.3 is 14.6 Å². The number of nitrogens with zero attached hydrogens (tertiary/aromatic N) is 1. The quantitative estimate of drug-likeness (QED) is 0.841. The zero-order valence-electron chi connectivity index (χ0n) is 11.7. The Morgan fingerprint density at radius 3 is 2.85 bits per heavy atom. The Labute approximate surface area is 117 Å². The number of hydrogen-bond donors (Lipinski definition) is 1. The monoisotopic (exact) mass is 290 g/mol. The highest BCUT2D eigenvalue weighted by Gasteiger charge is 2.27. The fourth-order valence-corrected chi connectivity index (χ4v) is 2.72. The van der Waals surface area contributed by atoms with E-state index in [0.717, 1.165) is 25.8 Å². The maximum Gasteiger partial charge on any atom is 0.411 e. The second-order valence-electron chi connectivity index (χ2n) is 5.20. The van der Waals surface area contributed by atoms with E-state index < -0.39 is 12.8 Å². The molecule has 1 aromatic rings. The maximum absolute atomic E-state index is 12.1. The van der Waals surface area contributed by atoms with Gasteiger partial charge in [-0.05, 0) is 36.9 Å². The first kappa shape index (κ1) is 15.4. The fourth-order valence-electron chi connectivity index (χ4n) is 2.72. The molecule has 20 heavy (non-hydrogen) atoms. The third-order valence-electron chi connectivity index (χ3n) is 3.52. The van der Waals surface area contributed by atoms with Crippen LogP contribution in [-0.4, -0.2) is 23.9 Å². The smallest absolute Gasteiger partial charge is 0.351 e. The minimum Gasteiger partial charge on any atom is -0.351 e. The molecule has 0 aromatic carbocycles. The van der Waals surface area contributed by atoms with Crippen LogP contribution < -0.4 is 5.32 Å². The number of nitrogens with one attached hydrogen (secondary N) is 1. The zero-order valence-corrected chi connectivity index (χ0v) is 11.7. The van der Waals surface area contributed by atoms with Crippen LogP contribution in [0.4, 0.5) is 13.2 Å². The molecule has 0 saturated carbocycles. The summed E-state index contributed by atoms with van der Waals surface area (Å²) in [5.74, 6) is 0. The summed E-state index contributed by atoms with van der Waals surface area (Å²) in [6.45, 7) is 1.70. The van der Waals surface area contributed by atoms with Gasteiger partial charge in [-0.3, -0.25) is 0 Å². The number of halogens is 3. The van der Waals surface area contributed by atoms with Gasteiger partial charge in [0.1, 0.15) is 13.3 Å². The molecular weight excluding hydrogens is 269 g/mol. The summed E-state index contributed by atoms with van der Waals surface area (Å²) in [6.07, 6.45) is 3.94. The molecule has 0 bridgehead atoms. The molecule has 1 aromatic heterocycles. The topological polar surface area (TPSA) is 26.2 Å². The molecule has 6 heteroatoms. The van der Waals surface area contributed by atoms with Crippen molar-refractivity contribution in [3.63, 3.8) is 0 Å². The van der Waals surface area contributed by atoms with Crippen LogP contribution in [0.2, 0.25) is 0 Å². The Balaban J connectivity index is 2.01. The SMILES string of the molecule is CCNC1CCCCc2cn(COCC(F)(F)F)cc21. The summed E-state index contributed by atoms with van der Waals surface area (Å²) < 4.78 is 42.6. The van der Waals surface area contributed by atoms with E-state index in [1.54, 1.807) is 4.57 Å². The van der Waals surface area contributed by atoms with Crippen LogP contribution in [0.25, 0.3) is 0 Å². The lowest BCUT2D eigenvalue weighted by Gasteiger charge is -2.15. The Bertz CT molecular complexity index is 429. The van der Waals surface area contributed by atoms with Crippen molar-refractivity contribution in [2.24, 2.45) is 0 Å². The van der Waals surface area contributed by atoms with Gasteiger partial charge in [0.25, 0.3) is 0 Å². The van der Waals surface area contributed by atoms with Crippen molar-refractivity contribution in [1.82, 2.24) is 9.88 Å². The van der Waals surface area contributed by atoms with Crippen molar-refractivity contribution in [3.8, 4) is 0 Å². The van der Waals surface area contributed by atoms with E-state index in [1.807, 2.05) is 12.4 Å². The molecule has 1 aliphatic carbocycles. The number of aromatic nitrogens is 1. The van der Waals surface area contributed by atoms with E-state index in [9.17, 15) is 13.2 Å². The van der Waals surface area contributed by atoms with Gasteiger partial charge in [0.05, 0.1) is 0 Å². The fraction of sp³-hybridized carbons (Fsp3) is 0.714. The number of ether oxygens (including phenoxy) is 1. The lowest BCUT2D eigenvalue weighted by atomic mass is 10.0. The molecule has 0 aliphatic heterocycles. The van der Waals surface area contributed by atoms with Crippen molar-refractivity contribution in [1.29, 1.82) is 0 Å². The van der Waals surface area contributed by atoms with E-state index in [4.69, 9.17) is 4.74 Å². The van der Waals surface area contributed by atoms with Gasteiger partial charge in [-0.2, -0.15) is 13.2 Å². The van der Waals surface area contributed by atoms with Crippen LogP contribution in [0.1, 0.15) is 43.4 Å². The van der Waals surface area contributed by atoms with Gasteiger partial charge in [-0.1, -0.05) is 13.3 Å². The van der Waals surface area contributed by atoms with E-state index in [0.29, 0.717) is 6.04 Å². The molecule has 0 fully saturated rings. The largest absolute Gasteiger partial charge is 0.411 e. The highest BCUT2D eigenvalue weighted by molar-refractivity contribution is 5.29. The predicted molar refractivity (Wildman–Crippen MR) is 70.4 cm³/mol. The van der Waals surface area contributed by atoms with Crippen LogP contribution in [0.15, 0.2) is 12.4 Å². The summed E-state index contributed by atoms with van der Waals surface area (Å²) in [5.41, 5.74) is 2.43. The first-order valence-corrected chi connectivity index (χ1v) is 7.06. The lowest BCUT2D eigenvalue weighted by molar-refractivity contribution is -0.181. The van der Waals surface area contributed by atoms with Crippen molar-refractivity contribution in [2.45, 2.75) is 51.6 Å². The normalized spacial score (nSPS) is 19.7. The number of rotatable bonds is 5. The molecule has 0 radical (unpaired) electrons. The third kappa shape index (κ3) is 4.24. The first-order chi connectivity index (χ1) is 9.49. The summed E-state index contributed by atoms with van der Waals surface area (Å²) in [6, 6.07) is 0.307. The first-order valence-electron chi connectivity index (χ1n) is 7.06. The van der Waals surface area contributed by atoms with Crippen LogP contribution in [0.3, 0.4) is 0 Å². The van der Waals surface area contributed by atoms with Crippen molar-refractivity contribution < 1.29 is 17.9 Å². The standard InChI is InChI=1S/C14H21F3N2O/c1-2-18-13-6-4-3-5-11-7-19(8-12(11)13)10-20-9-14(15,16)17/h7-8,13,18H,2-6,9-10H2,1H3. The van der Waals surface area contributed by atoms with E-state index in [1.165, 1.54) is 17.5 Å². The van der Waals surface area contributed by atoms with Gasteiger partial charge in [-0.25, -0.2) is 0 Å². The second kappa shape index (κ2) is 6.63. The zero-order chi connectivity index (χ0) is 14.6.